The van der Waals surface area contributed by atoms with E-state index in [4.69, 9.17) is 19.2 Å². The van der Waals surface area contributed by atoms with Crippen molar-refractivity contribution >= 4 is 0 Å². The first-order valence-corrected chi connectivity index (χ1v) is 12.0. The number of aromatic nitrogens is 1. The lowest BCUT2D eigenvalue weighted by molar-refractivity contribution is -0.00435. The molecule has 2 fully saturated rings. The van der Waals surface area contributed by atoms with Crippen molar-refractivity contribution in [2.24, 2.45) is 11.8 Å². The van der Waals surface area contributed by atoms with Crippen LogP contribution in [0.15, 0.2) is 48.5 Å². The molecule has 1 saturated heterocycles. The van der Waals surface area contributed by atoms with Gasteiger partial charge in [-0.2, -0.15) is 0 Å². The number of methoxy groups -OCH3 is 1. The van der Waals surface area contributed by atoms with Crippen LogP contribution in [-0.2, 0) is 6.54 Å². The molecule has 2 aliphatic heterocycles. The lowest BCUT2D eigenvalue weighted by atomic mass is 9.74. The highest BCUT2D eigenvalue weighted by molar-refractivity contribution is 5.78. The number of hydrogen-bond acceptors (Lipinski definition) is 6. The maximum absolute atomic E-state index is 9.98. The highest BCUT2D eigenvalue weighted by Crippen LogP contribution is 2.42. The molecule has 6 heteroatoms. The van der Waals surface area contributed by atoms with Crippen LogP contribution in [0.3, 0.4) is 0 Å². The van der Waals surface area contributed by atoms with Gasteiger partial charge in [-0.15, -0.1) is 0 Å². The number of aliphatic hydroxyl groups is 1. The van der Waals surface area contributed by atoms with Crippen molar-refractivity contribution < 1.29 is 19.3 Å². The van der Waals surface area contributed by atoms with Crippen LogP contribution in [-0.4, -0.2) is 54.5 Å². The Morgan fingerprint density at radius 2 is 1.85 bits per heavy atom. The predicted molar refractivity (Wildman–Crippen MR) is 130 cm³/mol. The number of likely N-dealkylation sites (tertiary alicyclic amines) is 1. The second kappa shape index (κ2) is 8.60. The van der Waals surface area contributed by atoms with Gasteiger partial charge >= 0.3 is 0 Å². The standard InChI is InChI=1S/C28H30N2O4/c1-17-21(18-7-9-26-27(13-18)34-11-10-33-26)4-3-5-22(17)24-8-6-19(28(29-24)32-2)14-30-15-20-12-25(31)23(20)16-30/h3-9,13,20,23,25,31H,10-12,14-16H2,1-2H3. The summed E-state index contributed by atoms with van der Waals surface area (Å²) in [5, 5.41) is 9.98. The Morgan fingerprint density at radius 1 is 1.03 bits per heavy atom. The van der Waals surface area contributed by atoms with Crippen LogP contribution >= 0.6 is 0 Å². The van der Waals surface area contributed by atoms with E-state index in [9.17, 15) is 5.11 Å². The van der Waals surface area contributed by atoms with E-state index < -0.39 is 0 Å². The average Bonchev–Trinajstić information content (AvgIpc) is 3.20. The molecule has 3 atom stereocenters. The van der Waals surface area contributed by atoms with Gasteiger partial charge in [-0.05, 0) is 54.2 Å². The molecule has 0 spiro atoms. The summed E-state index contributed by atoms with van der Waals surface area (Å²) in [7, 11) is 1.69. The molecule has 1 saturated carbocycles. The molecule has 34 heavy (non-hydrogen) atoms. The Morgan fingerprint density at radius 3 is 2.65 bits per heavy atom. The van der Waals surface area contributed by atoms with Gasteiger partial charge in [0.05, 0.1) is 18.9 Å². The molecule has 1 aliphatic carbocycles. The van der Waals surface area contributed by atoms with Crippen LogP contribution in [0, 0.1) is 18.8 Å². The molecule has 0 radical (unpaired) electrons. The van der Waals surface area contributed by atoms with Gasteiger partial charge in [-0.1, -0.05) is 30.3 Å². The van der Waals surface area contributed by atoms with Gasteiger partial charge in [-0.25, -0.2) is 4.98 Å². The highest BCUT2D eigenvalue weighted by Gasteiger charge is 2.46. The molecule has 0 amide bonds. The number of ether oxygens (including phenoxy) is 3. The third-order valence-corrected chi connectivity index (χ3v) is 7.60. The van der Waals surface area contributed by atoms with Crippen molar-refractivity contribution in [2.45, 2.75) is 26.0 Å². The van der Waals surface area contributed by atoms with E-state index in [2.05, 4.69) is 54.3 Å². The van der Waals surface area contributed by atoms with Gasteiger partial charge in [0, 0.05) is 36.7 Å². The third kappa shape index (κ3) is 3.71. The van der Waals surface area contributed by atoms with Gasteiger partial charge in [0.25, 0.3) is 0 Å². The molecule has 1 aromatic heterocycles. The molecule has 3 aromatic rings. The smallest absolute Gasteiger partial charge is 0.218 e. The zero-order chi connectivity index (χ0) is 23.2. The molecule has 1 N–H and O–H groups in total. The first-order valence-electron chi connectivity index (χ1n) is 12.0. The van der Waals surface area contributed by atoms with Crippen LogP contribution in [0.1, 0.15) is 17.5 Å². The van der Waals surface area contributed by atoms with Gasteiger partial charge in [0.2, 0.25) is 5.88 Å². The zero-order valence-corrected chi connectivity index (χ0v) is 19.7. The molecule has 6 nitrogen and oxygen atoms in total. The number of nitrogens with zero attached hydrogens (tertiary/aromatic N) is 2. The van der Waals surface area contributed by atoms with Crippen LogP contribution < -0.4 is 14.2 Å². The predicted octanol–water partition coefficient (Wildman–Crippen LogP) is 4.32. The fourth-order valence-corrected chi connectivity index (χ4v) is 5.69. The van der Waals surface area contributed by atoms with E-state index >= 15 is 0 Å². The second-order valence-electron chi connectivity index (χ2n) is 9.62. The molecule has 6 rings (SSSR count). The van der Waals surface area contributed by atoms with E-state index in [1.807, 2.05) is 6.07 Å². The van der Waals surface area contributed by atoms with Crippen molar-refractivity contribution in [1.29, 1.82) is 0 Å². The average molecular weight is 459 g/mol. The fraction of sp³-hybridized carbons (Fsp3) is 0.393. The van der Waals surface area contributed by atoms with Gasteiger partial charge < -0.3 is 19.3 Å². The molecule has 0 bridgehead atoms. The summed E-state index contributed by atoms with van der Waals surface area (Å²) >= 11 is 0. The Kier molecular flexibility index (Phi) is 5.42. The quantitative estimate of drug-likeness (QED) is 0.615. The summed E-state index contributed by atoms with van der Waals surface area (Å²) in [6.45, 7) is 6.09. The van der Waals surface area contributed by atoms with E-state index in [0.29, 0.717) is 30.9 Å². The van der Waals surface area contributed by atoms with Gasteiger partial charge in [0.1, 0.15) is 13.2 Å². The van der Waals surface area contributed by atoms with Crippen molar-refractivity contribution in [2.75, 3.05) is 33.4 Å². The molecule has 176 valence electrons. The lowest BCUT2D eigenvalue weighted by Gasteiger charge is -2.35. The van der Waals surface area contributed by atoms with E-state index in [1.165, 1.54) is 0 Å². The molecule has 3 unspecified atom stereocenters. The molecule has 3 heterocycles. The van der Waals surface area contributed by atoms with Crippen molar-refractivity contribution in [3.05, 3.63) is 59.7 Å². The van der Waals surface area contributed by atoms with E-state index in [1.54, 1.807) is 7.11 Å². The Bertz CT molecular complexity index is 1230. The summed E-state index contributed by atoms with van der Waals surface area (Å²) in [6.07, 6.45) is 0.816. The number of rotatable bonds is 5. The molecule has 2 aromatic carbocycles. The van der Waals surface area contributed by atoms with Gasteiger partial charge in [0.15, 0.2) is 11.5 Å². The van der Waals surface area contributed by atoms with Crippen LogP contribution in [0.4, 0.5) is 0 Å². The first-order chi connectivity index (χ1) is 16.6. The van der Waals surface area contributed by atoms with Gasteiger partial charge in [-0.3, -0.25) is 4.90 Å². The summed E-state index contributed by atoms with van der Waals surface area (Å²) < 4.78 is 17.2. The minimum atomic E-state index is -0.123. The Balaban J connectivity index is 1.28. The van der Waals surface area contributed by atoms with Crippen molar-refractivity contribution in [1.82, 2.24) is 9.88 Å². The number of aliphatic hydroxyl groups excluding tert-OH is 1. The second-order valence-corrected chi connectivity index (χ2v) is 9.62. The summed E-state index contributed by atoms with van der Waals surface area (Å²) in [6, 6.07) is 16.6. The minimum Gasteiger partial charge on any atom is -0.486 e. The normalized spacial score (nSPS) is 23.3. The van der Waals surface area contributed by atoms with Crippen LogP contribution in [0.25, 0.3) is 22.4 Å². The number of fused-ring (bicyclic) bond motifs is 2. The molecular formula is C28H30N2O4. The molecular weight excluding hydrogens is 428 g/mol. The van der Waals surface area contributed by atoms with E-state index in [0.717, 1.165) is 71.1 Å². The largest absolute Gasteiger partial charge is 0.486 e. The lowest BCUT2D eigenvalue weighted by Crippen LogP contribution is -2.39. The number of pyridine rings is 1. The SMILES string of the molecule is COc1nc(-c2cccc(-c3ccc4c(c3)OCCO4)c2C)ccc1CN1CC2CC(O)C2C1. The van der Waals surface area contributed by atoms with Crippen LogP contribution in [0.5, 0.6) is 17.4 Å². The van der Waals surface area contributed by atoms with Crippen LogP contribution in [0.2, 0.25) is 0 Å². The van der Waals surface area contributed by atoms with Crippen molar-refractivity contribution in [3.63, 3.8) is 0 Å². The first kappa shape index (κ1) is 21.4. The third-order valence-electron chi connectivity index (χ3n) is 7.60. The Labute approximate surface area is 200 Å². The Hall–Kier alpha value is -3.09. The number of benzene rings is 2. The summed E-state index contributed by atoms with van der Waals surface area (Å²) in [4.78, 5) is 7.31. The van der Waals surface area contributed by atoms with E-state index in [-0.39, 0.29) is 6.10 Å². The zero-order valence-electron chi connectivity index (χ0n) is 19.7. The maximum atomic E-state index is 9.98. The fourth-order valence-electron chi connectivity index (χ4n) is 5.69. The van der Waals surface area contributed by atoms with Crippen molar-refractivity contribution in [3.8, 4) is 39.8 Å². The highest BCUT2D eigenvalue weighted by atomic mass is 16.6. The monoisotopic (exact) mass is 458 g/mol. The summed E-state index contributed by atoms with van der Waals surface area (Å²) in [5.74, 6) is 3.33. The number of hydrogen-bond donors (Lipinski definition) is 1. The molecule has 3 aliphatic rings. The summed E-state index contributed by atoms with van der Waals surface area (Å²) in [5.41, 5.74) is 6.46. The minimum absolute atomic E-state index is 0.123. The maximum Gasteiger partial charge on any atom is 0.218 e. The topological polar surface area (TPSA) is 64.0 Å².